The number of carbonyl (C=O) groups excluding carboxylic acids is 2. The molecule has 1 rings (SSSR count). The van der Waals surface area contributed by atoms with Gasteiger partial charge in [-0.3, -0.25) is 4.79 Å². The van der Waals surface area contributed by atoms with Crippen molar-refractivity contribution in [3.8, 4) is 0 Å². The first-order valence-electron chi connectivity index (χ1n) is 13.8. The van der Waals surface area contributed by atoms with Gasteiger partial charge in [-0.1, -0.05) is 101 Å². The van der Waals surface area contributed by atoms with Crippen LogP contribution in [0.25, 0.3) is 0 Å². The molecule has 1 aromatic rings. The lowest BCUT2D eigenvalue weighted by Crippen LogP contribution is -2.20. The van der Waals surface area contributed by atoms with E-state index in [1.807, 2.05) is 0 Å². The molecule has 0 aromatic heterocycles. The van der Waals surface area contributed by atoms with Crippen molar-refractivity contribution < 1.29 is 33.3 Å². The van der Waals surface area contributed by atoms with E-state index in [1.54, 1.807) is 30.3 Å². The van der Waals surface area contributed by atoms with E-state index in [0.717, 1.165) is 13.0 Å². The maximum absolute atomic E-state index is 11.9. The monoisotopic (exact) mass is 508 g/mol. The Kier molecular flexibility index (Phi) is 22.3. The molecule has 36 heavy (non-hydrogen) atoms. The van der Waals surface area contributed by atoms with Crippen molar-refractivity contribution in [1.82, 2.24) is 0 Å². The lowest BCUT2D eigenvalue weighted by molar-refractivity contribution is -0.139. The summed E-state index contributed by atoms with van der Waals surface area (Å²) < 4.78 is 26.8. The average molecular weight is 509 g/mol. The zero-order chi connectivity index (χ0) is 25.9. The summed E-state index contributed by atoms with van der Waals surface area (Å²) in [7, 11) is 0. The normalized spacial score (nSPS) is 11.0. The number of hydrogen-bond acceptors (Lipinski definition) is 7. The minimum absolute atomic E-state index is 0.0275. The van der Waals surface area contributed by atoms with E-state index in [2.05, 4.69) is 6.92 Å². The van der Waals surface area contributed by atoms with Gasteiger partial charge in [-0.15, -0.1) is 0 Å². The van der Waals surface area contributed by atoms with E-state index in [4.69, 9.17) is 23.7 Å². The van der Waals surface area contributed by atoms with Crippen molar-refractivity contribution in [1.29, 1.82) is 0 Å². The molecule has 0 heterocycles. The quantitative estimate of drug-likeness (QED) is 0.0678. The lowest BCUT2D eigenvalue weighted by Gasteiger charge is -2.08. The Morgan fingerprint density at radius 2 is 0.944 bits per heavy atom. The molecule has 0 aliphatic rings. The first-order chi connectivity index (χ1) is 17.8. The molecule has 0 bridgehead atoms. The van der Waals surface area contributed by atoms with E-state index in [-0.39, 0.29) is 13.2 Å². The smallest absolute Gasteiger partial charge is 0.379 e. The highest BCUT2D eigenvalue weighted by atomic mass is 16.6. The van der Waals surface area contributed by atoms with Crippen molar-refractivity contribution in [3.05, 3.63) is 35.9 Å². The third-order valence-electron chi connectivity index (χ3n) is 5.69. The van der Waals surface area contributed by atoms with Crippen LogP contribution in [0.4, 0.5) is 0 Å². The van der Waals surface area contributed by atoms with Crippen LogP contribution >= 0.6 is 0 Å². The third kappa shape index (κ3) is 19.4. The Morgan fingerprint density at radius 3 is 1.44 bits per heavy atom. The molecular formula is C29H48O7. The number of ketones is 1. The summed E-state index contributed by atoms with van der Waals surface area (Å²) in [5.41, 5.74) is 0.315. The third-order valence-corrected chi connectivity index (χ3v) is 5.69. The first kappa shape index (κ1) is 32.2. The molecule has 7 heteroatoms. The van der Waals surface area contributed by atoms with Gasteiger partial charge in [-0.2, -0.15) is 0 Å². The van der Waals surface area contributed by atoms with Gasteiger partial charge in [0.1, 0.15) is 6.61 Å². The van der Waals surface area contributed by atoms with E-state index in [1.165, 1.54) is 64.2 Å². The summed E-state index contributed by atoms with van der Waals surface area (Å²) in [6.07, 6.45) is 14.7. The van der Waals surface area contributed by atoms with Crippen LogP contribution in [-0.2, 0) is 28.5 Å². The van der Waals surface area contributed by atoms with Crippen LogP contribution < -0.4 is 0 Å². The van der Waals surface area contributed by atoms with E-state index < -0.39 is 11.8 Å². The maximum Gasteiger partial charge on any atom is 0.379 e. The second-order valence-electron chi connectivity index (χ2n) is 8.82. The fourth-order valence-corrected chi connectivity index (χ4v) is 3.60. The van der Waals surface area contributed by atoms with Crippen LogP contribution in [0, 0.1) is 0 Å². The maximum atomic E-state index is 11.9. The number of rotatable bonds is 26. The second-order valence-corrected chi connectivity index (χ2v) is 8.82. The standard InChI is InChI=1S/C29H48O7/c1-2-3-4-5-6-7-8-9-10-11-15-18-32-19-20-33-21-22-34-23-24-35-25-26-36-29(31)28(30)27-16-13-12-14-17-27/h12-14,16-17H,2-11,15,18-26H2,1H3. The van der Waals surface area contributed by atoms with Gasteiger partial charge >= 0.3 is 5.97 Å². The Morgan fingerprint density at radius 1 is 0.528 bits per heavy atom. The summed E-state index contributed by atoms with van der Waals surface area (Å²) >= 11 is 0. The SMILES string of the molecule is CCCCCCCCCCCCCOCCOCCOCCOCCOC(=O)C(=O)c1ccccc1. The van der Waals surface area contributed by atoms with Crippen molar-refractivity contribution >= 4 is 11.8 Å². The number of esters is 1. The summed E-state index contributed by atoms with van der Waals surface area (Å²) in [4.78, 5) is 23.5. The van der Waals surface area contributed by atoms with Gasteiger partial charge in [0, 0.05) is 12.2 Å². The predicted molar refractivity (Wildman–Crippen MR) is 141 cm³/mol. The summed E-state index contributed by atoms with van der Waals surface area (Å²) in [6, 6.07) is 8.33. The highest BCUT2D eigenvalue weighted by molar-refractivity contribution is 6.40. The summed E-state index contributed by atoms with van der Waals surface area (Å²) in [5, 5.41) is 0. The summed E-state index contributed by atoms with van der Waals surface area (Å²) in [5.74, 6) is -1.53. The molecule has 0 saturated heterocycles. The molecule has 0 N–H and O–H groups in total. The molecule has 0 radical (unpaired) electrons. The van der Waals surface area contributed by atoms with Gasteiger partial charge in [-0.05, 0) is 6.42 Å². The molecule has 1 aromatic carbocycles. The van der Waals surface area contributed by atoms with Gasteiger partial charge in [0.05, 0.1) is 46.2 Å². The Balaban J connectivity index is 1.72. The van der Waals surface area contributed by atoms with Crippen molar-refractivity contribution in [2.45, 2.75) is 77.6 Å². The van der Waals surface area contributed by atoms with Gasteiger partial charge < -0.3 is 23.7 Å². The van der Waals surface area contributed by atoms with Gasteiger partial charge in [0.25, 0.3) is 5.78 Å². The van der Waals surface area contributed by atoms with Crippen LogP contribution in [0.5, 0.6) is 0 Å². The first-order valence-corrected chi connectivity index (χ1v) is 13.8. The Labute approximate surface area is 218 Å². The lowest BCUT2D eigenvalue weighted by atomic mass is 10.1. The average Bonchev–Trinajstić information content (AvgIpc) is 2.91. The highest BCUT2D eigenvalue weighted by Gasteiger charge is 2.16. The van der Waals surface area contributed by atoms with E-state index >= 15 is 0 Å². The molecule has 0 atom stereocenters. The topological polar surface area (TPSA) is 80.3 Å². The number of hydrogen-bond donors (Lipinski definition) is 0. The van der Waals surface area contributed by atoms with Crippen LogP contribution in [-0.4, -0.2) is 71.2 Å². The fourth-order valence-electron chi connectivity index (χ4n) is 3.60. The summed E-state index contributed by atoms with van der Waals surface area (Å²) in [6.45, 7) is 6.32. The minimum Gasteiger partial charge on any atom is -0.457 e. The molecule has 0 saturated carbocycles. The molecule has 0 aliphatic heterocycles. The number of carbonyl (C=O) groups is 2. The largest absolute Gasteiger partial charge is 0.457 e. The van der Waals surface area contributed by atoms with Gasteiger partial charge in [0.15, 0.2) is 0 Å². The van der Waals surface area contributed by atoms with E-state index in [0.29, 0.717) is 45.2 Å². The Bertz CT molecular complexity index is 636. The zero-order valence-electron chi connectivity index (χ0n) is 22.4. The molecule has 0 aliphatic carbocycles. The molecule has 0 fully saturated rings. The van der Waals surface area contributed by atoms with Crippen molar-refractivity contribution in [2.75, 3.05) is 59.5 Å². The molecule has 0 amide bonds. The zero-order valence-corrected chi connectivity index (χ0v) is 22.4. The molecule has 7 nitrogen and oxygen atoms in total. The molecule has 0 spiro atoms. The van der Waals surface area contributed by atoms with Gasteiger partial charge in [0.2, 0.25) is 0 Å². The number of ether oxygens (including phenoxy) is 5. The molecule has 0 unspecified atom stereocenters. The highest BCUT2D eigenvalue weighted by Crippen LogP contribution is 2.11. The Hall–Kier alpha value is -1.80. The number of Topliss-reactive ketones (excluding diaryl/α,β-unsaturated/α-hetero) is 1. The molecule has 206 valence electrons. The van der Waals surface area contributed by atoms with Crippen molar-refractivity contribution in [2.24, 2.45) is 0 Å². The van der Waals surface area contributed by atoms with E-state index in [9.17, 15) is 9.59 Å². The number of unbranched alkanes of at least 4 members (excludes halogenated alkanes) is 10. The van der Waals surface area contributed by atoms with Crippen LogP contribution in [0.3, 0.4) is 0 Å². The fraction of sp³-hybridized carbons (Fsp3) is 0.724. The van der Waals surface area contributed by atoms with Crippen molar-refractivity contribution in [3.63, 3.8) is 0 Å². The van der Waals surface area contributed by atoms with Gasteiger partial charge in [-0.25, -0.2) is 4.79 Å². The second kappa shape index (κ2) is 24.9. The minimum atomic E-state index is -0.874. The van der Waals surface area contributed by atoms with Crippen LogP contribution in [0.1, 0.15) is 87.9 Å². The molecular weight excluding hydrogens is 460 g/mol. The van der Waals surface area contributed by atoms with Crippen LogP contribution in [0.2, 0.25) is 0 Å². The van der Waals surface area contributed by atoms with Crippen LogP contribution in [0.15, 0.2) is 30.3 Å². The number of benzene rings is 1. The predicted octanol–water partition coefficient (Wildman–Crippen LogP) is 5.79.